The molecular formula is C24H49N5O12. The van der Waals surface area contributed by atoms with Crippen LogP contribution in [0.25, 0.3) is 0 Å². The van der Waals surface area contributed by atoms with Gasteiger partial charge in [0.05, 0.1) is 50.2 Å². The largest absolute Gasteiger partial charge is 0.395 e. The van der Waals surface area contributed by atoms with Crippen molar-refractivity contribution in [3.05, 3.63) is 0 Å². The van der Waals surface area contributed by atoms with E-state index < -0.39 is 117 Å². The van der Waals surface area contributed by atoms with Crippen molar-refractivity contribution in [1.82, 2.24) is 10.6 Å². The Morgan fingerprint density at radius 1 is 0.829 bits per heavy atom. The minimum absolute atomic E-state index is 0.0501. The second-order valence-electron chi connectivity index (χ2n) is 11.1. The first-order chi connectivity index (χ1) is 19.5. The summed E-state index contributed by atoms with van der Waals surface area (Å²) in [6.45, 7) is -0.483. The van der Waals surface area contributed by atoms with Crippen LogP contribution in [-0.4, -0.2) is 177 Å². The highest BCUT2D eigenvalue weighted by atomic mass is 16.7. The first kappa shape index (κ1) is 34.8. The van der Waals surface area contributed by atoms with Crippen LogP contribution in [0.4, 0.5) is 0 Å². The Kier molecular flexibility index (Phi) is 13.5. The van der Waals surface area contributed by atoms with Gasteiger partial charge >= 0.3 is 0 Å². The van der Waals surface area contributed by atoms with Gasteiger partial charge in [-0.15, -0.1) is 0 Å². The van der Waals surface area contributed by atoms with Gasteiger partial charge < -0.3 is 88.0 Å². The number of rotatable bonds is 13. The first-order valence-electron chi connectivity index (χ1n) is 14.1. The molecule has 2 saturated heterocycles. The van der Waals surface area contributed by atoms with Crippen LogP contribution in [-0.2, 0) is 14.2 Å². The zero-order valence-corrected chi connectivity index (χ0v) is 22.9. The van der Waals surface area contributed by atoms with Gasteiger partial charge in [0.15, 0.2) is 6.29 Å². The molecule has 0 radical (unpaired) electrons. The van der Waals surface area contributed by atoms with Crippen molar-refractivity contribution in [3.8, 4) is 0 Å². The summed E-state index contributed by atoms with van der Waals surface area (Å²) < 4.78 is 17.5. The fourth-order valence-corrected chi connectivity index (χ4v) is 5.86. The Hall–Kier alpha value is -0.680. The van der Waals surface area contributed by atoms with Crippen molar-refractivity contribution in [2.45, 2.75) is 104 Å². The first-order valence-corrected chi connectivity index (χ1v) is 14.1. The maximum Gasteiger partial charge on any atom is 0.186 e. The molecule has 17 heteroatoms. The number of nitrogens with two attached hydrogens (primary N) is 3. The van der Waals surface area contributed by atoms with Crippen molar-refractivity contribution in [2.24, 2.45) is 23.1 Å². The highest BCUT2D eigenvalue weighted by Crippen LogP contribution is 2.37. The van der Waals surface area contributed by atoms with Gasteiger partial charge in [0, 0.05) is 24.5 Å². The molecule has 242 valence electrons. The number of hydrogen-bond acceptors (Lipinski definition) is 17. The molecule has 1 saturated carbocycles. The molecule has 0 amide bonds. The van der Waals surface area contributed by atoms with Crippen molar-refractivity contribution in [3.63, 3.8) is 0 Å². The summed E-state index contributed by atoms with van der Waals surface area (Å²) in [7, 11) is 0. The van der Waals surface area contributed by atoms with Crippen LogP contribution >= 0.6 is 0 Å². The van der Waals surface area contributed by atoms with Gasteiger partial charge in [0.1, 0.15) is 42.7 Å². The van der Waals surface area contributed by atoms with E-state index in [0.717, 1.165) is 0 Å². The monoisotopic (exact) mass is 599 g/mol. The molecule has 0 bridgehead atoms. The van der Waals surface area contributed by atoms with E-state index in [4.69, 9.17) is 31.4 Å². The molecule has 3 fully saturated rings. The Morgan fingerprint density at radius 2 is 1.51 bits per heavy atom. The van der Waals surface area contributed by atoms with Crippen molar-refractivity contribution in [2.75, 3.05) is 39.5 Å². The lowest BCUT2D eigenvalue weighted by Crippen LogP contribution is -2.71. The lowest BCUT2D eigenvalue weighted by atomic mass is 9.72. The molecule has 0 aromatic rings. The molecule has 2 heterocycles. The number of ether oxygens (including phenoxy) is 3. The Morgan fingerprint density at radius 3 is 2.12 bits per heavy atom. The van der Waals surface area contributed by atoms with Gasteiger partial charge in [-0.05, 0) is 25.9 Å². The van der Waals surface area contributed by atoms with E-state index in [1.54, 1.807) is 0 Å². The second kappa shape index (κ2) is 15.9. The lowest BCUT2D eigenvalue weighted by Gasteiger charge is -2.52. The summed E-state index contributed by atoms with van der Waals surface area (Å²) >= 11 is 0. The SMILES string of the molecule is NCCCNCC1OC(C2C(N)CC(NC(CO)CO)C(OC3OC(CO)C(O)C(N)C3O)C2O)C(O)C(O)C1O. The van der Waals surface area contributed by atoms with E-state index in [1.165, 1.54) is 0 Å². The normalized spacial score (nSPS) is 45.7. The molecular weight excluding hydrogens is 550 g/mol. The minimum atomic E-state index is -1.64. The quantitative estimate of drug-likeness (QED) is 0.0874. The molecule has 15 atom stereocenters. The summed E-state index contributed by atoms with van der Waals surface area (Å²) in [4.78, 5) is 0. The van der Waals surface area contributed by atoms with Gasteiger partial charge in [-0.1, -0.05) is 0 Å². The molecule has 0 aromatic heterocycles. The van der Waals surface area contributed by atoms with Crippen molar-refractivity contribution < 1.29 is 60.2 Å². The van der Waals surface area contributed by atoms with Gasteiger partial charge in [-0.25, -0.2) is 0 Å². The lowest BCUT2D eigenvalue weighted by molar-refractivity contribution is -0.310. The van der Waals surface area contributed by atoms with Crippen LogP contribution in [0.15, 0.2) is 0 Å². The van der Waals surface area contributed by atoms with Gasteiger partial charge in [-0.3, -0.25) is 0 Å². The number of aliphatic hydroxyl groups excluding tert-OH is 9. The zero-order chi connectivity index (χ0) is 30.4. The molecule has 0 spiro atoms. The zero-order valence-electron chi connectivity index (χ0n) is 22.9. The molecule has 41 heavy (non-hydrogen) atoms. The summed E-state index contributed by atoms with van der Waals surface area (Å²) in [5.74, 6) is -1.07. The van der Waals surface area contributed by atoms with Gasteiger partial charge in [0.25, 0.3) is 0 Å². The maximum atomic E-state index is 11.6. The summed E-state index contributed by atoms with van der Waals surface area (Å²) in [6.07, 6.45) is -14.7. The van der Waals surface area contributed by atoms with E-state index in [2.05, 4.69) is 10.6 Å². The van der Waals surface area contributed by atoms with Crippen LogP contribution in [0.2, 0.25) is 0 Å². The molecule has 3 aliphatic rings. The Labute approximate surface area is 238 Å². The highest BCUT2D eigenvalue weighted by Gasteiger charge is 2.55. The third kappa shape index (κ3) is 7.89. The Balaban J connectivity index is 1.87. The van der Waals surface area contributed by atoms with E-state index in [0.29, 0.717) is 19.5 Å². The van der Waals surface area contributed by atoms with Crippen molar-refractivity contribution >= 4 is 0 Å². The fraction of sp³-hybridized carbons (Fsp3) is 1.00. The Bertz CT molecular complexity index is 773. The molecule has 1 aliphatic carbocycles. The predicted molar refractivity (Wildman–Crippen MR) is 141 cm³/mol. The molecule has 17 N–H and O–H groups in total. The van der Waals surface area contributed by atoms with E-state index in [1.807, 2.05) is 0 Å². The standard InChI is InChI=1S/C24H49N5O12/c25-2-1-3-28-5-12-17(34)20(37)21(38)23(39-12)14-10(26)4-11(29-9(6-30)7-31)22(18(14)35)41-24-19(36)15(27)16(33)13(8-32)40-24/h9-24,28-38H,1-8,25-27H2. The van der Waals surface area contributed by atoms with Gasteiger partial charge in [-0.2, -0.15) is 0 Å². The molecule has 2 aliphatic heterocycles. The predicted octanol–water partition coefficient (Wildman–Crippen LogP) is -8.05. The van der Waals surface area contributed by atoms with Crippen LogP contribution in [0.1, 0.15) is 12.8 Å². The number of aliphatic hydroxyl groups is 9. The minimum Gasteiger partial charge on any atom is -0.395 e. The smallest absolute Gasteiger partial charge is 0.186 e. The number of hydrogen-bond donors (Lipinski definition) is 14. The highest BCUT2D eigenvalue weighted by molar-refractivity contribution is 5.07. The van der Waals surface area contributed by atoms with Crippen LogP contribution in [0.5, 0.6) is 0 Å². The maximum absolute atomic E-state index is 11.6. The van der Waals surface area contributed by atoms with Crippen molar-refractivity contribution in [1.29, 1.82) is 0 Å². The summed E-state index contributed by atoms with van der Waals surface area (Å²) in [6, 6.07) is -3.80. The summed E-state index contributed by atoms with van der Waals surface area (Å²) in [5, 5.41) is 99.5. The molecule has 3 rings (SSSR count). The van der Waals surface area contributed by atoms with E-state index >= 15 is 0 Å². The third-order valence-corrected chi connectivity index (χ3v) is 8.30. The molecule has 15 unspecified atom stereocenters. The van der Waals surface area contributed by atoms with Crippen LogP contribution in [0, 0.1) is 5.92 Å². The fourth-order valence-electron chi connectivity index (χ4n) is 5.86. The third-order valence-electron chi connectivity index (χ3n) is 8.30. The topological polar surface area (TPSA) is 312 Å². The average Bonchev–Trinajstić information content (AvgIpc) is 2.96. The average molecular weight is 600 g/mol. The van der Waals surface area contributed by atoms with Gasteiger partial charge in [0.2, 0.25) is 0 Å². The van der Waals surface area contributed by atoms with E-state index in [9.17, 15) is 46.0 Å². The number of nitrogens with one attached hydrogen (secondary N) is 2. The molecule has 0 aromatic carbocycles. The van der Waals surface area contributed by atoms with Crippen LogP contribution < -0.4 is 27.8 Å². The second-order valence-corrected chi connectivity index (χ2v) is 11.1. The van der Waals surface area contributed by atoms with Crippen LogP contribution in [0.3, 0.4) is 0 Å². The van der Waals surface area contributed by atoms with E-state index in [-0.39, 0.29) is 13.0 Å². The molecule has 17 nitrogen and oxygen atoms in total. The summed E-state index contributed by atoms with van der Waals surface area (Å²) in [5.41, 5.74) is 17.9.